The third-order valence-corrected chi connectivity index (χ3v) is 5.59. The highest BCUT2D eigenvalue weighted by Crippen LogP contribution is 2.16. The van der Waals surface area contributed by atoms with Crippen molar-refractivity contribution < 1.29 is 23.4 Å². The third-order valence-electron chi connectivity index (χ3n) is 2.53. The van der Waals surface area contributed by atoms with Crippen LogP contribution in [-0.2, 0) is 18.3 Å². The zero-order valence-electron chi connectivity index (χ0n) is 12.8. The number of aliphatic hydroxyl groups is 1. The minimum Gasteiger partial charge on any atom is -0.397 e. The van der Waals surface area contributed by atoms with E-state index in [2.05, 4.69) is 6.55 Å². The lowest BCUT2D eigenvalue weighted by atomic mass is 10.5. The molecule has 1 aliphatic heterocycles. The number of hydrogen-bond donors (Lipinski definition) is 1. The van der Waals surface area contributed by atoms with Gasteiger partial charge >= 0.3 is 8.56 Å². The van der Waals surface area contributed by atoms with E-state index < -0.39 is 8.56 Å². The molecule has 1 fully saturated rings. The molecule has 19 heavy (non-hydrogen) atoms. The van der Waals surface area contributed by atoms with Crippen LogP contribution in [0.4, 0.5) is 0 Å². The lowest BCUT2D eigenvalue weighted by molar-refractivity contribution is 0.113. The Morgan fingerprint density at radius 3 is 2.16 bits per heavy atom. The molecule has 0 aromatic carbocycles. The van der Waals surface area contributed by atoms with Crippen LogP contribution in [0.5, 0.6) is 0 Å². The van der Waals surface area contributed by atoms with E-state index in [-0.39, 0.29) is 6.61 Å². The second-order valence-corrected chi connectivity index (χ2v) is 7.79. The first-order valence-electron chi connectivity index (χ1n) is 7.19. The molecule has 0 aromatic heterocycles. The summed E-state index contributed by atoms with van der Waals surface area (Å²) in [6.07, 6.45) is 1.37. The molecule has 1 unspecified atom stereocenters. The van der Waals surface area contributed by atoms with Gasteiger partial charge in [0.1, 0.15) is 6.10 Å². The maximum absolute atomic E-state index is 7.57. The number of ether oxygens (including phenoxy) is 2. The van der Waals surface area contributed by atoms with Crippen LogP contribution in [0.15, 0.2) is 0 Å². The Hall–Kier alpha value is 0.0169. The van der Waals surface area contributed by atoms with E-state index in [0.29, 0.717) is 6.10 Å². The number of hydrogen-bond acceptors (Lipinski definition) is 5. The second kappa shape index (κ2) is 11.8. The fourth-order valence-electron chi connectivity index (χ4n) is 1.67. The van der Waals surface area contributed by atoms with Gasteiger partial charge in [0.15, 0.2) is 0 Å². The summed E-state index contributed by atoms with van der Waals surface area (Å²) in [5.74, 6) is 0. The highest BCUT2D eigenvalue weighted by molar-refractivity contribution is 6.66. The first-order chi connectivity index (χ1) is 9.11. The molecule has 1 aliphatic rings. The zero-order chi connectivity index (χ0) is 14.6. The summed E-state index contributed by atoms with van der Waals surface area (Å²) in [5.41, 5.74) is 0. The molecule has 0 spiro atoms. The van der Waals surface area contributed by atoms with Crippen molar-refractivity contribution in [2.24, 2.45) is 0 Å². The molecule has 0 radical (unpaired) electrons. The predicted molar refractivity (Wildman–Crippen MR) is 77.6 cm³/mol. The topological polar surface area (TPSA) is 60.5 Å². The van der Waals surface area contributed by atoms with Gasteiger partial charge in [-0.3, -0.25) is 0 Å². The van der Waals surface area contributed by atoms with Crippen molar-refractivity contribution in [3.63, 3.8) is 0 Å². The smallest absolute Gasteiger partial charge is 0.334 e. The van der Waals surface area contributed by atoms with Crippen molar-refractivity contribution in [1.82, 2.24) is 0 Å². The fraction of sp³-hybridized carbons (Fsp3) is 1.00. The van der Waals surface area contributed by atoms with Crippen molar-refractivity contribution in [3.8, 4) is 0 Å². The Bertz CT molecular complexity index is 193. The molecule has 1 rings (SSSR count). The Balaban J connectivity index is 0.000000982. The number of rotatable bonds is 10. The molecule has 0 saturated carbocycles. The largest absolute Gasteiger partial charge is 0.397 e. The fourth-order valence-corrected chi connectivity index (χ4v) is 4.05. The summed E-state index contributed by atoms with van der Waals surface area (Å²) >= 11 is 0. The quantitative estimate of drug-likeness (QED) is 0.379. The van der Waals surface area contributed by atoms with Crippen LogP contribution >= 0.6 is 0 Å². The molecule has 0 bridgehead atoms. The molecular weight excluding hydrogens is 264 g/mol. The van der Waals surface area contributed by atoms with Gasteiger partial charge in [-0.05, 0) is 39.8 Å². The second-order valence-electron chi connectivity index (χ2n) is 4.45. The van der Waals surface area contributed by atoms with E-state index in [1.165, 1.54) is 0 Å². The van der Waals surface area contributed by atoms with Gasteiger partial charge in [0.25, 0.3) is 0 Å². The van der Waals surface area contributed by atoms with Crippen molar-refractivity contribution >= 4 is 8.56 Å². The molecule has 6 heteroatoms. The molecule has 1 heterocycles. The summed E-state index contributed by atoms with van der Waals surface area (Å²) in [6, 6.07) is 1.00. The van der Waals surface area contributed by atoms with Crippen molar-refractivity contribution in [3.05, 3.63) is 0 Å². The molecule has 1 saturated heterocycles. The van der Waals surface area contributed by atoms with Crippen LogP contribution in [0.2, 0.25) is 12.6 Å². The molecule has 1 N–H and O–H groups in total. The first-order valence-corrected chi connectivity index (χ1v) is 9.72. The Kier molecular flexibility index (Phi) is 11.8. The Labute approximate surface area is 118 Å². The predicted octanol–water partition coefficient (Wildman–Crippen LogP) is 1.94. The van der Waals surface area contributed by atoms with E-state index in [0.717, 1.165) is 45.5 Å². The van der Waals surface area contributed by atoms with E-state index in [1.54, 1.807) is 6.92 Å². The zero-order valence-corrected chi connectivity index (χ0v) is 13.8. The highest BCUT2D eigenvalue weighted by atomic mass is 28.4. The van der Waals surface area contributed by atoms with Gasteiger partial charge < -0.3 is 23.4 Å². The lowest BCUT2D eigenvalue weighted by Gasteiger charge is -2.25. The maximum Gasteiger partial charge on any atom is 0.334 e. The Morgan fingerprint density at radius 1 is 1.21 bits per heavy atom. The van der Waals surface area contributed by atoms with Crippen molar-refractivity contribution in [1.29, 1.82) is 0 Å². The van der Waals surface area contributed by atoms with Gasteiger partial charge in [-0.15, -0.1) is 0 Å². The molecule has 0 aromatic rings. The van der Waals surface area contributed by atoms with E-state index in [4.69, 9.17) is 23.4 Å². The summed E-state index contributed by atoms with van der Waals surface area (Å²) in [7, 11) is -1.92. The maximum atomic E-state index is 7.57. The van der Waals surface area contributed by atoms with Crippen LogP contribution in [0.1, 0.15) is 27.2 Å². The van der Waals surface area contributed by atoms with Gasteiger partial charge in [-0.1, -0.05) is 0 Å². The van der Waals surface area contributed by atoms with Gasteiger partial charge in [0.2, 0.25) is 0 Å². The van der Waals surface area contributed by atoms with Crippen LogP contribution in [0, 0.1) is 0 Å². The molecule has 5 nitrogen and oxygen atoms in total. The molecule has 0 amide bonds. The summed E-state index contributed by atoms with van der Waals surface area (Å²) in [6.45, 7) is 12.0. The van der Waals surface area contributed by atoms with Gasteiger partial charge in [0, 0.05) is 26.4 Å². The average molecular weight is 294 g/mol. The minimum atomic E-state index is -1.92. The van der Waals surface area contributed by atoms with Gasteiger partial charge in [-0.25, -0.2) is 0 Å². The van der Waals surface area contributed by atoms with E-state index >= 15 is 0 Å². The third kappa shape index (κ3) is 11.5. The molecule has 0 aliphatic carbocycles. The SMILES string of the molecule is CCO.CCO[Si](C)(CCCOCC1CO1)OCC. The molecular formula is C13H30O5Si. The lowest BCUT2D eigenvalue weighted by Crippen LogP contribution is -2.38. The average Bonchev–Trinajstić information content (AvgIpc) is 3.14. The van der Waals surface area contributed by atoms with E-state index in [1.807, 2.05) is 13.8 Å². The van der Waals surface area contributed by atoms with Crippen LogP contribution in [0.25, 0.3) is 0 Å². The minimum absolute atomic E-state index is 0.250. The first kappa shape index (κ1) is 19.0. The standard InChI is InChI=1S/C11H24O4Si.C2H6O/c1-4-14-16(3,15-5-2)8-6-7-12-9-11-10-13-11;1-2-3/h11H,4-10H2,1-3H3;3H,2H2,1H3. The summed E-state index contributed by atoms with van der Waals surface area (Å²) in [5, 5.41) is 7.57. The Morgan fingerprint density at radius 2 is 1.74 bits per heavy atom. The van der Waals surface area contributed by atoms with Crippen LogP contribution in [0.3, 0.4) is 0 Å². The van der Waals surface area contributed by atoms with Crippen LogP contribution in [-0.4, -0.2) is 59.4 Å². The molecule has 116 valence electrons. The van der Waals surface area contributed by atoms with E-state index in [9.17, 15) is 0 Å². The van der Waals surface area contributed by atoms with Gasteiger partial charge in [-0.2, -0.15) is 0 Å². The van der Waals surface area contributed by atoms with Crippen molar-refractivity contribution in [2.75, 3.05) is 39.6 Å². The molecule has 1 atom stereocenters. The highest BCUT2D eigenvalue weighted by Gasteiger charge is 2.30. The number of epoxide rings is 1. The van der Waals surface area contributed by atoms with Crippen LogP contribution < -0.4 is 0 Å². The van der Waals surface area contributed by atoms with Gasteiger partial charge in [0.05, 0.1) is 13.2 Å². The van der Waals surface area contributed by atoms with Crippen molar-refractivity contribution in [2.45, 2.75) is 45.9 Å². The normalized spacial score (nSPS) is 17.8. The monoisotopic (exact) mass is 294 g/mol. The summed E-state index contributed by atoms with van der Waals surface area (Å²) in [4.78, 5) is 0. The number of aliphatic hydroxyl groups excluding tert-OH is 1. The summed E-state index contributed by atoms with van der Waals surface area (Å²) < 4.78 is 22.1.